The Morgan fingerprint density at radius 2 is 1.67 bits per heavy atom. The molecule has 7 heteroatoms. The van der Waals surface area contributed by atoms with Gasteiger partial charge in [0.1, 0.15) is 5.75 Å². The zero-order valence-electron chi connectivity index (χ0n) is 18.6. The second-order valence-electron chi connectivity index (χ2n) is 7.65. The van der Waals surface area contributed by atoms with Crippen LogP contribution in [0.3, 0.4) is 0 Å². The van der Waals surface area contributed by atoms with Crippen molar-refractivity contribution in [1.29, 1.82) is 0 Å². The van der Waals surface area contributed by atoms with Crippen LogP contribution in [-0.2, 0) is 22.6 Å². The maximum Gasteiger partial charge on any atom is 0.263 e. The van der Waals surface area contributed by atoms with E-state index >= 15 is 0 Å². The van der Waals surface area contributed by atoms with Gasteiger partial charge in [-0.1, -0.05) is 48.5 Å². The van der Waals surface area contributed by atoms with Gasteiger partial charge in [-0.15, -0.1) is 0 Å². The van der Waals surface area contributed by atoms with Gasteiger partial charge in [0.25, 0.3) is 5.91 Å². The normalized spacial score (nSPS) is 14.6. The van der Waals surface area contributed by atoms with Crippen molar-refractivity contribution in [2.24, 2.45) is 0 Å². The molecule has 1 atom stereocenters. The van der Waals surface area contributed by atoms with E-state index in [0.29, 0.717) is 29.5 Å². The Balaban J connectivity index is 1.50. The van der Waals surface area contributed by atoms with Crippen molar-refractivity contribution in [1.82, 2.24) is 5.32 Å². The minimum atomic E-state index is -0.807. The number of ether oxygens (including phenoxy) is 3. The van der Waals surface area contributed by atoms with Crippen LogP contribution in [0.4, 0.5) is 5.69 Å². The average molecular weight is 447 g/mol. The van der Waals surface area contributed by atoms with Gasteiger partial charge in [0.2, 0.25) is 5.91 Å². The molecular formula is C26H26N2O5. The maximum atomic E-state index is 13.3. The van der Waals surface area contributed by atoms with Crippen LogP contribution in [0.15, 0.2) is 72.8 Å². The molecule has 3 aromatic carbocycles. The quantitative estimate of drug-likeness (QED) is 0.602. The zero-order chi connectivity index (χ0) is 23.2. The number of anilines is 1. The lowest BCUT2D eigenvalue weighted by molar-refractivity contribution is -0.128. The molecule has 0 radical (unpaired) electrons. The lowest BCUT2D eigenvalue weighted by Gasteiger charge is -2.34. The van der Waals surface area contributed by atoms with Crippen molar-refractivity contribution in [3.8, 4) is 17.2 Å². The van der Waals surface area contributed by atoms with E-state index in [-0.39, 0.29) is 24.8 Å². The summed E-state index contributed by atoms with van der Waals surface area (Å²) >= 11 is 0. The van der Waals surface area contributed by atoms with Gasteiger partial charge in [0, 0.05) is 6.54 Å². The van der Waals surface area contributed by atoms with Crippen molar-refractivity contribution in [3.63, 3.8) is 0 Å². The zero-order valence-corrected chi connectivity index (χ0v) is 18.6. The molecular weight excluding hydrogens is 420 g/mol. The number of hydrogen-bond donors (Lipinski definition) is 1. The summed E-state index contributed by atoms with van der Waals surface area (Å²) in [7, 11) is 3.12. The van der Waals surface area contributed by atoms with E-state index in [9.17, 15) is 9.59 Å². The third kappa shape index (κ3) is 5.09. The fourth-order valence-corrected chi connectivity index (χ4v) is 3.77. The van der Waals surface area contributed by atoms with Crippen LogP contribution >= 0.6 is 0 Å². The molecule has 0 saturated heterocycles. The Bertz CT molecular complexity index is 1130. The summed E-state index contributed by atoms with van der Waals surface area (Å²) in [5, 5.41) is 2.90. The lowest BCUT2D eigenvalue weighted by Crippen LogP contribution is -2.51. The van der Waals surface area contributed by atoms with Gasteiger partial charge in [-0.2, -0.15) is 0 Å². The Morgan fingerprint density at radius 3 is 2.42 bits per heavy atom. The highest BCUT2D eigenvalue weighted by atomic mass is 16.5. The molecule has 0 spiro atoms. The molecule has 0 unspecified atom stereocenters. The summed E-state index contributed by atoms with van der Waals surface area (Å²) in [6, 6.07) is 22.3. The third-order valence-electron chi connectivity index (χ3n) is 5.48. The van der Waals surface area contributed by atoms with Crippen molar-refractivity contribution in [2.45, 2.75) is 19.1 Å². The van der Waals surface area contributed by atoms with Crippen molar-refractivity contribution < 1.29 is 23.8 Å². The van der Waals surface area contributed by atoms with Gasteiger partial charge in [-0.05, 0) is 35.4 Å². The molecule has 0 bridgehead atoms. The fraction of sp³-hybridized carbons (Fsp3) is 0.231. The van der Waals surface area contributed by atoms with Crippen molar-refractivity contribution in [2.75, 3.05) is 25.7 Å². The first kappa shape index (κ1) is 22.2. The predicted molar refractivity (Wildman–Crippen MR) is 125 cm³/mol. The first-order valence-corrected chi connectivity index (χ1v) is 10.7. The number of nitrogens with one attached hydrogen (secondary N) is 1. The maximum absolute atomic E-state index is 13.3. The number of hydrogen-bond acceptors (Lipinski definition) is 5. The van der Waals surface area contributed by atoms with Gasteiger partial charge in [-0.3, -0.25) is 9.59 Å². The Hall–Kier alpha value is -4.00. The van der Waals surface area contributed by atoms with Crippen LogP contribution in [-0.4, -0.2) is 38.7 Å². The number of benzene rings is 3. The molecule has 0 aromatic heterocycles. The smallest absolute Gasteiger partial charge is 0.263 e. The average Bonchev–Trinajstić information content (AvgIpc) is 2.87. The number of nitrogens with zero attached hydrogens (tertiary/aromatic N) is 1. The molecule has 33 heavy (non-hydrogen) atoms. The fourth-order valence-electron chi connectivity index (χ4n) is 3.77. The lowest BCUT2D eigenvalue weighted by atomic mass is 10.1. The molecule has 1 aliphatic heterocycles. The molecule has 1 aliphatic rings. The Labute approximate surface area is 192 Å². The van der Waals surface area contributed by atoms with Crippen LogP contribution < -0.4 is 24.4 Å². The molecule has 0 fully saturated rings. The number of carbonyl (C=O) groups is 2. The number of rotatable bonds is 7. The molecule has 0 saturated carbocycles. The molecule has 3 aromatic rings. The van der Waals surface area contributed by atoms with E-state index in [1.54, 1.807) is 37.3 Å². The molecule has 2 amide bonds. The van der Waals surface area contributed by atoms with Gasteiger partial charge in [0.15, 0.2) is 17.6 Å². The summed E-state index contributed by atoms with van der Waals surface area (Å²) < 4.78 is 16.6. The van der Waals surface area contributed by atoms with E-state index in [1.807, 2.05) is 54.6 Å². The van der Waals surface area contributed by atoms with Crippen molar-refractivity contribution >= 4 is 17.5 Å². The number of methoxy groups -OCH3 is 2. The predicted octanol–water partition coefficient (Wildman–Crippen LogP) is 3.36. The van der Waals surface area contributed by atoms with E-state index in [1.165, 1.54) is 0 Å². The number of fused-ring (bicyclic) bond motifs is 1. The first-order chi connectivity index (χ1) is 16.1. The molecule has 170 valence electrons. The van der Waals surface area contributed by atoms with Crippen LogP contribution in [0.5, 0.6) is 17.2 Å². The minimum Gasteiger partial charge on any atom is -0.493 e. The largest absolute Gasteiger partial charge is 0.493 e. The standard InChI is InChI=1S/C26H26N2O5/c1-31-22-13-12-19(14-23(22)32-2)15-25(29)28-17-24(33-21-11-7-6-10-20(21)28)26(30)27-16-18-8-4-3-5-9-18/h3-14,24H,15-17H2,1-2H3,(H,27,30)/t24-/m0/s1. The SMILES string of the molecule is COc1ccc(CC(=O)N2C[C@@H](C(=O)NCc3ccccc3)Oc3ccccc32)cc1OC. The van der Waals surface area contributed by atoms with E-state index in [0.717, 1.165) is 11.1 Å². The van der Waals surface area contributed by atoms with Crippen molar-refractivity contribution in [3.05, 3.63) is 83.9 Å². The Kier molecular flexibility index (Phi) is 6.78. The van der Waals surface area contributed by atoms with Gasteiger partial charge < -0.3 is 24.4 Å². The second-order valence-corrected chi connectivity index (χ2v) is 7.65. The van der Waals surface area contributed by atoms with Gasteiger partial charge in [-0.25, -0.2) is 0 Å². The van der Waals surface area contributed by atoms with Crippen LogP contribution in [0, 0.1) is 0 Å². The summed E-state index contributed by atoms with van der Waals surface area (Å²) in [6.45, 7) is 0.518. The summed E-state index contributed by atoms with van der Waals surface area (Å²) in [6.07, 6.45) is -0.662. The molecule has 1 N–H and O–H groups in total. The Morgan fingerprint density at radius 1 is 0.939 bits per heavy atom. The number of amides is 2. The van der Waals surface area contributed by atoms with Crippen LogP contribution in [0.1, 0.15) is 11.1 Å². The first-order valence-electron chi connectivity index (χ1n) is 10.7. The monoisotopic (exact) mass is 446 g/mol. The summed E-state index contributed by atoms with van der Waals surface area (Å²) in [5.74, 6) is 1.25. The van der Waals surface area contributed by atoms with Gasteiger partial charge >= 0.3 is 0 Å². The summed E-state index contributed by atoms with van der Waals surface area (Å²) in [5.41, 5.74) is 2.42. The molecule has 7 nitrogen and oxygen atoms in total. The topological polar surface area (TPSA) is 77.1 Å². The van der Waals surface area contributed by atoms with E-state index in [2.05, 4.69) is 5.32 Å². The molecule has 4 rings (SSSR count). The van der Waals surface area contributed by atoms with E-state index in [4.69, 9.17) is 14.2 Å². The highest BCUT2D eigenvalue weighted by Gasteiger charge is 2.33. The number of carbonyl (C=O) groups excluding carboxylic acids is 2. The van der Waals surface area contributed by atoms with Crippen LogP contribution in [0.2, 0.25) is 0 Å². The van der Waals surface area contributed by atoms with Crippen LogP contribution in [0.25, 0.3) is 0 Å². The second kappa shape index (κ2) is 10.1. The highest BCUT2D eigenvalue weighted by molar-refractivity contribution is 5.98. The highest BCUT2D eigenvalue weighted by Crippen LogP contribution is 2.34. The van der Waals surface area contributed by atoms with E-state index < -0.39 is 6.10 Å². The molecule has 0 aliphatic carbocycles. The minimum absolute atomic E-state index is 0.129. The third-order valence-corrected chi connectivity index (χ3v) is 5.48. The molecule has 1 heterocycles. The summed E-state index contributed by atoms with van der Waals surface area (Å²) in [4.78, 5) is 27.8. The van der Waals surface area contributed by atoms with Gasteiger partial charge in [0.05, 0.1) is 32.9 Å². The number of para-hydroxylation sites is 2.